The van der Waals surface area contributed by atoms with Gasteiger partial charge in [-0.25, -0.2) is 0 Å². The summed E-state index contributed by atoms with van der Waals surface area (Å²) >= 11 is 0. The van der Waals surface area contributed by atoms with Gasteiger partial charge < -0.3 is 0 Å². The fraction of sp³-hybridized carbons (Fsp3) is 0.125. The molecular weight excluding hydrogens is 178 g/mol. The summed E-state index contributed by atoms with van der Waals surface area (Å²) in [4.78, 5) is 0.975. The SMILES string of the molecule is Cc1cc(SCl)ccc1C#N. The summed E-state index contributed by atoms with van der Waals surface area (Å²) in [5.74, 6) is 0. The van der Waals surface area contributed by atoms with Crippen molar-refractivity contribution in [3.05, 3.63) is 29.3 Å². The number of nitrogens with zero attached hydrogens (tertiary/aromatic N) is 1. The first kappa shape index (κ1) is 8.45. The highest BCUT2D eigenvalue weighted by molar-refractivity contribution is 8.21. The zero-order chi connectivity index (χ0) is 8.27. The van der Waals surface area contributed by atoms with E-state index in [0.29, 0.717) is 5.56 Å². The zero-order valence-corrected chi connectivity index (χ0v) is 7.54. The van der Waals surface area contributed by atoms with Crippen LogP contribution in [0.2, 0.25) is 0 Å². The van der Waals surface area contributed by atoms with E-state index in [9.17, 15) is 0 Å². The Labute approximate surface area is 74.5 Å². The van der Waals surface area contributed by atoms with Crippen LogP contribution in [0, 0.1) is 18.3 Å². The van der Waals surface area contributed by atoms with Crippen molar-refractivity contribution in [3.63, 3.8) is 0 Å². The van der Waals surface area contributed by atoms with Crippen molar-refractivity contribution in [1.82, 2.24) is 0 Å². The largest absolute Gasteiger partial charge is 0.192 e. The molecule has 0 amide bonds. The average molecular weight is 184 g/mol. The second-order valence-electron chi connectivity index (χ2n) is 2.17. The van der Waals surface area contributed by atoms with Crippen LogP contribution < -0.4 is 0 Å². The summed E-state index contributed by atoms with van der Waals surface area (Å²) < 4.78 is 0. The van der Waals surface area contributed by atoms with E-state index in [1.165, 1.54) is 0 Å². The van der Waals surface area contributed by atoms with Gasteiger partial charge in [-0.15, -0.1) is 0 Å². The van der Waals surface area contributed by atoms with Gasteiger partial charge in [0.2, 0.25) is 0 Å². The molecule has 0 fully saturated rings. The van der Waals surface area contributed by atoms with Crippen molar-refractivity contribution in [2.24, 2.45) is 0 Å². The Kier molecular flexibility index (Phi) is 2.81. The third-order valence-corrected chi connectivity index (χ3v) is 2.37. The average Bonchev–Trinajstić information content (AvgIpc) is 2.04. The molecule has 3 heteroatoms. The van der Waals surface area contributed by atoms with Crippen LogP contribution in [0.5, 0.6) is 0 Å². The summed E-state index contributed by atoms with van der Waals surface area (Å²) in [7, 11) is 6.69. The molecule has 56 valence electrons. The maximum absolute atomic E-state index is 8.59. The number of nitriles is 1. The fourth-order valence-corrected chi connectivity index (χ4v) is 1.44. The minimum absolute atomic E-state index is 0.708. The molecular formula is C8H6ClNS. The van der Waals surface area contributed by atoms with Gasteiger partial charge in [-0.1, -0.05) is 0 Å². The van der Waals surface area contributed by atoms with E-state index >= 15 is 0 Å². The van der Waals surface area contributed by atoms with Gasteiger partial charge in [0, 0.05) is 4.90 Å². The van der Waals surface area contributed by atoms with Crippen molar-refractivity contribution in [2.45, 2.75) is 11.8 Å². The second kappa shape index (κ2) is 3.66. The number of hydrogen-bond donors (Lipinski definition) is 0. The van der Waals surface area contributed by atoms with Crippen LogP contribution in [0.1, 0.15) is 11.1 Å². The Bertz CT molecular complexity index is 303. The first-order valence-corrected chi connectivity index (χ1v) is 4.71. The van der Waals surface area contributed by atoms with Gasteiger partial charge in [0.15, 0.2) is 0 Å². The molecule has 1 aromatic carbocycles. The Morgan fingerprint density at radius 2 is 2.27 bits per heavy atom. The molecule has 1 nitrogen and oxygen atoms in total. The maximum Gasteiger partial charge on any atom is 0.0994 e. The summed E-state index contributed by atoms with van der Waals surface area (Å²) in [6.45, 7) is 1.90. The van der Waals surface area contributed by atoms with Gasteiger partial charge in [0.1, 0.15) is 0 Å². The molecule has 0 radical (unpaired) electrons. The number of aryl methyl sites for hydroxylation is 1. The molecule has 1 aromatic rings. The van der Waals surface area contributed by atoms with Crippen LogP contribution >= 0.6 is 21.7 Å². The summed E-state index contributed by atoms with van der Waals surface area (Å²) in [5, 5.41) is 8.59. The molecule has 0 spiro atoms. The molecule has 11 heavy (non-hydrogen) atoms. The molecule has 0 atom stereocenters. The van der Waals surface area contributed by atoms with Crippen LogP contribution in [0.4, 0.5) is 0 Å². The molecule has 0 bridgehead atoms. The lowest BCUT2D eigenvalue weighted by Gasteiger charge is -1.97. The van der Waals surface area contributed by atoms with E-state index in [1.807, 2.05) is 19.1 Å². The number of benzene rings is 1. The van der Waals surface area contributed by atoms with Crippen LogP contribution in [-0.4, -0.2) is 0 Å². The maximum atomic E-state index is 8.59. The van der Waals surface area contributed by atoms with Crippen molar-refractivity contribution in [3.8, 4) is 6.07 Å². The summed E-state index contributed by atoms with van der Waals surface area (Å²) in [6, 6.07) is 7.61. The molecule has 0 aliphatic rings. The first-order chi connectivity index (χ1) is 5.27. The molecule has 0 N–H and O–H groups in total. The predicted molar refractivity (Wildman–Crippen MR) is 47.6 cm³/mol. The predicted octanol–water partition coefficient (Wildman–Crippen LogP) is 3.11. The lowest BCUT2D eigenvalue weighted by molar-refractivity contribution is 1.33. The lowest BCUT2D eigenvalue weighted by Crippen LogP contribution is -1.80. The van der Waals surface area contributed by atoms with Gasteiger partial charge in [-0.2, -0.15) is 5.26 Å². The third-order valence-electron chi connectivity index (χ3n) is 1.41. The monoisotopic (exact) mass is 183 g/mol. The first-order valence-electron chi connectivity index (χ1n) is 3.07. The summed E-state index contributed by atoms with van der Waals surface area (Å²) in [6.07, 6.45) is 0. The molecule has 0 unspecified atom stereocenters. The molecule has 0 heterocycles. The quantitative estimate of drug-likeness (QED) is 0.668. The van der Waals surface area contributed by atoms with Gasteiger partial charge in [-0.3, -0.25) is 0 Å². The van der Waals surface area contributed by atoms with Gasteiger partial charge >= 0.3 is 0 Å². The third kappa shape index (κ3) is 1.89. The van der Waals surface area contributed by atoms with E-state index in [-0.39, 0.29) is 0 Å². The number of rotatable bonds is 1. The summed E-state index contributed by atoms with van der Waals surface area (Å²) in [5.41, 5.74) is 1.68. The van der Waals surface area contributed by atoms with E-state index in [4.69, 9.17) is 15.9 Å². The van der Waals surface area contributed by atoms with E-state index in [2.05, 4.69) is 6.07 Å². The van der Waals surface area contributed by atoms with Crippen molar-refractivity contribution in [1.29, 1.82) is 5.26 Å². The van der Waals surface area contributed by atoms with Crippen LogP contribution in [-0.2, 0) is 0 Å². The molecule has 1 rings (SSSR count). The van der Waals surface area contributed by atoms with Crippen molar-refractivity contribution < 1.29 is 0 Å². The minimum atomic E-state index is 0.708. The van der Waals surface area contributed by atoms with Crippen molar-refractivity contribution >= 4 is 21.7 Å². The highest BCUT2D eigenvalue weighted by Crippen LogP contribution is 2.23. The van der Waals surface area contributed by atoms with E-state index in [1.54, 1.807) is 6.07 Å². The van der Waals surface area contributed by atoms with E-state index < -0.39 is 0 Å². The highest BCUT2D eigenvalue weighted by Gasteiger charge is 1.97. The Hall–Kier alpha value is -0.650. The standard InChI is InChI=1S/C8H6ClNS/c1-6-4-8(11-9)3-2-7(6)5-10/h2-4H,1H3. The molecule has 0 aromatic heterocycles. The number of hydrogen-bond acceptors (Lipinski definition) is 2. The molecule has 0 saturated heterocycles. The Morgan fingerprint density at radius 3 is 2.73 bits per heavy atom. The lowest BCUT2D eigenvalue weighted by atomic mass is 10.1. The Balaban J connectivity index is 3.12. The zero-order valence-electron chi connectivity index (χ0n) is 5.97. The highest BCUT2D eigenvalue weighted by atomic mass is 35.7. The van der Waals surface area contributed by atoms with Crippen LogP contribution in [0.15, 0.2) is 23.1 Å². The van der Waals surface area contributed by atoms with Gasteiger partial charge in [0.05, 0.1) is 11.6 Å². The van der Waals surface area contributed by atoms with Gasteiger partial charge in [-0.05, 0) is 52.3 Å². The number of halogens is 1. The molecule has 0 aliphatic carbocycles. The van der Waals surface area contributed by atoms with Crippen molar-refractivity contribution in [2.75, 3.05) is 0 Å². The van der Waals surface area contributed by atoms with E-state index in [0.717, 1.165) is 21.4 Å². The second-order valence-corrected chi connectivity index (χ2v) is 3.25. The van der Waals surface area contributed by atoms with Crippen LogP contribution in [0.25, 0.3) is 0 Å². The topological polar surface area (TPSA) is 23.8 Å². The fourth-order valence-electron chi connectivity index (χ4n) is 0.810. The normalized spacial score (nSPS) is 9.18. The Morgan fingerprint density at radius 1 is 1.55 bits per heavy atom. The molecule has 0 saturated carbocycles. The molecule has 0 aliphatic heterocycles. The van der Waals surface area contributed by atoms with Crippen LogP contribution in [0.3, 0.4) is 0 Å². The van der Waals surface area contributed by atoms with Gasteiger partial charge in [0.25, 0.3) is 0 Å². The smallest absolute Gasteiger partial charge is 0.0994 e. The minimum Gasteiger partial charge on any atom is -0.192 e.